The number of rotatable bonds is 8. The molecule has 0 atom stereocenters. The molecule has 1 N–H and O–H groups in total. The number of aliphatic hydroxyl groups excluding tert-OH is 1. The van der Waals surface area contributed by atoms with Crippen LogP contribution in [-0.4, -0.2) is 36.6 Å². The zero-order chi connectivity index (χ0) is 16.9. The number of hydrogen-bond donors (Lipinski definition) is 1. The number of sulfone groups is 1. The molecule has 0 spiro atoms. The van der Waals surface area contributed by atoms with Gasteiger partial charge in [0.25, 0.3) is 0 Å². The number of thiazole rings is 1. The number of halogens is 2. The smallest absolute Gasteiger partial charge is 0.150 e. The Morgan fingerprint density at radius 1 is 1.09 bits per heavy atom. The molecule has 1 heterocycles. The van der Waals surface area contributed by atoms with Crippen LogP contribution in [0.25, 0.3) is 10.6 Å². The second-order valence-corrected chi connectivity index (χ2v) is 8.30. The highest BCUT2D eigenvalue weighted by Gasteiger charge is 2.13. The number of unbranched alkanes of at least 4 members (excludes halogenated alkanes) is 1. The summed E-state index contributed by atoms with van der Waals surface area (Å²) in [5, 5.41) is 10.8. The Kier molecular flexibility index (Phi) is 6.20. The molecule has 0 fully saturated rings. The minimum absolute atomic E-state index is 0.0187. The molecule has 0 unspecified atom stereocenters. The molecule has 0 aliphatic heterocycles. The molecule has 8 heteroatoms. The van der Waals surface area contributed by atoms with E-state index in [-0.39, 0.29) is 24.5 Å². The van der Waals surface area contributed by atoms with Crippen LogP contribution in [0.2, 0.25) is 0 Å². The summed E-state index contributed by atoms with van der Waals surface area (Å²) in [5.41, 5.74) is 0.921. The van der Waals surface area contributed by atoms with Crippen LogP contribution in [0.3, 0.4) is 0 Å². The van der Waals surface area contributed by atoms with Crippen molar-refractivity contribution in [1.82, 2.24) is 4.98 Å². The van der Waals surface area contributed by atoms with Crippen LogP contribution in [0.15, 0.2) is 23.6 Å². The van der Waals surface area contributed by atoms with E-state index >= 15 is 0 Å². The van der Waals surface area contributed by atoms with E-state index in [0.29, 0.717) is 29.1 Å². The second-order valence-electron chi connectivity index (χ2n) is 5.13. The first-order valence-electron chi connectivity index (χ1n) is 7.12. The molecule has 0 radical (unpaired) electrons. The van der Waals surface area contributed by atoms with Crippen molar-refractivity contribution in [2.75, 3.05) is 18.1 Å². The fourth-order valence-corrected chi connectivity index (χ4v) is 4.24. The molecular formula is C15H17F2NO3S2. The van der Waals surface area contributed by atoms with Crippen molar-refractivity contribution in [3.63, 3.8) is 0 Å². The lowest BCUT2D eigenvalue weighted by Gasteiger charge is -2.02. The van der Waals surface area contributed by atoms with Crippen molar-refractivity contribution >= 4 is 21.2 Å². The molecule has 0 amide bonds. The highest BCUT2D eigenvalue weighted by Crippen LogP contribution is 2.25. The normalized spacial score (nSPS) is 11.8. The molecule has 2 aromatic rings. The molecule has 0 aliphatic rings. The third kappa shape index (κ3) is 5.63. The van der Waals surface area contributed by atoms with E-state index < -0.39 is 21.5 Å². The first kappa shape index (κ1) is 18.0. The fourth-order valence-electron chi connectivity index (χ4n) is 2.03. The maximum Gasteiger partial charge on any atom is 0.150 e. The molecule has 0 bridgehead atoms. The highest BCUT2D eigenvalue weighted by molar-refractivity contribution is 7.91. The lowest BCUT2D eigenvalue weighted by Crippen LogP contribution is -2.13. The molecule has 0 aliphatic carbocycles. The van der Waals surface area contributed by atoms with E-state index in [1.165, 1.54) is 23.5 Å². The largest absolute Gasteiger partial charge is 0.396 e. The number of aliphatic hydroxyl groups is 1. The Morgan fingerprint density at radius 2 is 1.78 bits per heavy atom. The number of aryl methyl sites for hydroxylation is 1. The zero-order valence-electron chi connectivity index (χ0n) is 12.3. The minimum atomic E-state index is -3.19. The van der Waals surface area contributed by atoms with Crippen molar-refractivity contribution in [1.29, 1.82) is 0 Å². The summed E-state index contributed by atoms with van der Waals surface area (Å²) >= 11 is 1.22. The van der Waals surface area contributed by atoms with Crippen LogP contribution in [0.5, 0.6) is 0 Å². The van der Waals surface area contributed by atoms with Gasteiger partial charge in [-0.15, -0.1) is 11.3 Å². The summed E-state index contributed by atoms with van der Waals surface area (Å²) in [7, 11) is -3.19. The average Bonchev–Trinajstić information content (AvgIpc) is 2.93. The summed E-state index contributed by atoms with van der Waals surface area (Å²) < 4.78 is 50.1. The van der Waals surface area contributed by atoms with Gasteiger partial charge in [0, 0.05) is 30.0 Å². The Labute approximate surface area is 137 Å². The third-order valence-corrected chi connectivity index (χ3v) is 5.87. The molecule has 1 aromatic heterocycles. The molecule has 126 valence electrons. The van der Waals surface area contributed by atoms with Gasteiger partial charge in [-0.1, -0.05) is 0 Å². The van der Waals surface area contributed by atoms with Gasteiger partial charge in [-0.3, -0.25) is 0 Å². The van der Waals surface area contributed by atoms with Gasteiger partial charge in [-0.05, 0) is 25.0 Å². The van der Waals surface area contributed by atoms with Crippen LogP contribution < -0.4 is 0 Å². The van der Waals surface area contributed by atoms with Gasteiger partial charge in [-0.25, -0.2) is 22.2 Å². The van der Waals surface area contributed by atoms with E-state index in [1.54, 1.807) is 5.38 Å². The highest BCUT2D eigenvalue weighted by atomic mass is 32.2. The third-order valence-electron chi connectivity index (χ3n) is 3.19. The predicted octanol–water partition coefficient (Wildman–Crippen LogP) is 2.82. The summed E-state index contributed by atoms with van der Waals surface area (Å²) in [4.78, 5) is 4.24. The average molecular weight is 361 g/mol. The van der Waals surface area contributed by atoms with Gasteiger partial charge in [0.05, 0.1) is 17.2 Å². The van der Waals surface area contributed by atoms with Gasteiger partial charge in [0.2, 0.25) is 0 Å². The Balaban J connectivity index is 2.00. The number of nitrogens with zero attached hydrogens (tertiary/aromatic N) is 1. The molecule has 0 saturated carbocycles. The van der Waals surface area contributed by atoms with E-state index in [2.05, 4.69) is 4.98 Å². The Bertz CT molecular complexity index is 740. The maximum atomic E-state index is 13.2. The van der Waals surface area contributed by atoms with Crippen molar-refractivity contribution in [2.45, 2.75) is 19.3 Å². The quantitative estimate of drug-likeness (QED) is 0.734. The standard InChI is InChI=1S/C15H17F2NO3S2/c16-12-7-11(8-13(17)9-12)15-18-14(10-22-15)3-6-23(20,21)5-2-1-4-19/h7-10,19H,1-6H2. The van der Waals surface area contributed by atoms with Crippen molar-refractivity contribution in [3.8, 4) is 10.6 Å². The number of aromatic nitrogens is 1. The van der Waals surface area contributed by atoms with E-state index in [9.17, 15) is 17.2 Å². The summed E-state index contributed by atoms with van der Waals surface area (Å²) in [6, 6.07) is 3.17. The second kappa shape index (κ2) is 7.94. The fraction of sp³-hybridized carbons (Fsp3) is 0.400. The summed E-state index contributed by atoms with van der Waals surface area (Å²) in [5.74, 6) is -1.34. The minimum Gasteiger partial charge on any atom is -0.396 e. The van der Waals surface area contributed by atoms with E-state index in [0.717, 1.165) is 6.07 Å². The van der Waals surface area contributed by atoms with Crippen LogP contribution in [-0.2, 0) is 16.3 Å². The maximum absolute atomic E-state index is 13.2. The topological polar surface area (TPSA) is 67.3 Å². The Hall–Kier alpha value is -1.38. The Morgan fingerprint density at radius 3 is 2.43 bits per heavy atom. The van der Waals surface area contributed by atoms with Crippen LogP contribution >= 0.6 is 11.3 Å². The van der Waals surface area contributed by atoms with Crippen molar-refractivity contribution < 1.29 is 22.3 Å². The lowest BCUT2D eigenvalue weighted by atomic mass is 10.2. The van der Waals surface area contributed by atoms with Crippen LogP contribution in [0, 0.1) is 11.6 Å². The molecule has 2 rings (SSSR count). The molecule has 1 aromatic carbocycles. The lowest BCUT2D eigenvalue weighted by molar-refractivity contribution is 0.287. The molecule has 4 nitrogen and oxygen atoms in total. The van der Waals surface area contributed by atoms with Crippen molar-refractivity contribution in [2.24, 2.45) is 0 Å². The van der Waals surface area contributed by atoms with Crippen LogP contribution in [0.4, 0.5) is 8.78 Å². The number of benzene rings is 1. The van der Waals surface area contributed by atoms with Gasteiger partial charge < -0.3 is 5.11 Å². The SMILES string of the molecule is O=S(=O)(CCCCO)CCc1csc(-c2cc(F)cc(F)c2)n1. The van der Waals surface area contributed by atoms with Gasteiger partial charge in [-0.2, -0.15) is 0 Å². The monoisotopic (exact) mass is 361 g/mol. The van der Waals surface area contributed by atoms with Crippen LogP contribution in [0.1, 0.15) is 18.5 Å². The van der Waals surface area contributed by atoms with Gasteiger partial charge >= 0.3 is 0 Å². The first-order valence-corrected chi connectivity index (χ1v) is 9.82. The molecule has 23 heavy (non-hydrogen) atoms. The first-order chi connectivity index (χ1) is 10.9. The van der Waals surface area contributed by atoms with Crippen molar-refractivity contribution in [3.05, 3.63) is 40.9 Å². The predicted molar refractivity (Wildman–Crippen MR) is 86.1 cm³/mol. The summed E-state index contributed by atoms with van der Waals surface area (Å²) in [6.45, 7) is -0.0187. The van der Waals surface area contributed by atoms with E-state index in [1.807, 2.05) is 0 Å². The van der Waals surface area contributed by atoms with Gasteiger partial charge in [0.1, 0.15) is 16.6 Å². The zero-order valence-corrected chi connectivity index (χ0v) is 14.0. The van der Waals surface area contributed by atoms with E-state index in [4.69, 9.17) is 5.11 Å². The molecule has 0 saturated heterocycles. The number of hydrogen-bond acceptors (Lipinski definition) is 5. The van der Waals surface area contributed by atoms with Gasteiger partial charge in [0.15, 0.2) is 9.84 Å². The summed E-state index contributed by atoms with van der Waals surface area (Å²) in [6.07, 6.45) is 1.16. The molecular weight excluding hydrogens is 344 g/mol.